The fraction of sp³-hybridized carbons (Fsp3) is 0.500. The quantitative estimate of drug-likeness (QED) is 0.701. The van der Waals surface area contributed by atoms with E-state index in [1.54, 1.807) is 19.3 Å². The number of rotatable bonds is 4. The SMILES string of the molecule is COc1ncc(NC[C@H](C)O)cn1. The molecular formula is C8H13N3O2. The van der Waals surface area contributed by atoms with Crippen LogP contribution in [0.1, 0.15) is 6.92 Å². The summed E-state index contributed by atoms with van der Waals surface area (Å²) in [5.41, 5.74) is 0.765. The van der Waals surface area contributed by atoms with Crippen molar-refractivity contribution in [2.45, 2.75) is 13.0 Å². The van der Waals surface area contributed by atoms with E-state index in [4.69, 9.17) is 9.84 Å². The molecule has 0 aromatic carbocycles. The molecule has 0 radical (unpaired) electrons. The van der Waals surface area contributed by atoms with Crippen LogP contribution in [0.5, 0.6) is 6.01 Å². The van der Waals surface area contributed by atoms with Crippen LogP contribution in [0.2, 0.25) is 0 Å². The molecule has 1 rings (SSSR count). The Morgan fingerprint density at radius 3 is 2.62 bits per heavy atom. The zero-order valence-corrected chi connectivity index (χ0v) is 7.69. The Kier molecular flexibility index (Phi) is 3.45. The van der Waals surface area contributed by atoms with E-state index in [0.29, 0.717) is 12.6 Å². The molecule has 13 heavy (non-hydrogen) atoms. The monoisotopic (exact) mass is 183 g/mol. The Morgan fingerprint density at radius 2 is 2.15 bits per heavy atom. The summed E-state index contributed by atoms with van der Waals surface area (Å²) in [6.07, 6.45) is 2.82. The van der Waals surface area contributed by atoms with E-state index in [1.165, 1.54) is 7.11 Å². The van der Waals surface area contributed by atoms with Crippen LogP contribution in [0.3, 0.4) is 0 Å². The van der Waals surface area contributed by atoms with Crippen molar-refractivity contribution in [3.8, 4) is 6.01 Å². The van der Waals surface area contributed by atoms with Crippen molar-refractivity contribution in [2.24, 2.45) is 0 Å². The Bertz CT molecular complexity index is 248. The second kappa shape index (κ2) is 4.61. The molecule has 0 saturated heterocycles. The number of anilines is 1. The molecular weight excluding hydrogens is 170 g/mol. The number of aliphatic hydroxyl groups excluding tert-OH is 1. The van der Waals surface area contributed by atoms with E-state index >= 15 is 0 Å². The lowest BCUT2D eigenvalue weighted by Gasteiger charge is -2.07. The molecule has 1 aromatic heterocycles. The molecule has 0 aliphatic rings. The first kappa shape index (κ1) is 9.73. The summed E-state index contributed by atoms with van der Waals surface area (Å²) in [4.78, 5) is 7.80. The zero-order valence-electron chi connectivity index (χ0n) is 7.69. The summed E-state index contributed by atoms with van der Waals surface area (Å²) in [7, 11) is 1.51. The van der Waals surface area contributed by atoms with Crippen LogP contribution in [0.25, 0.3) is 0 Å². The molecule has 1 aromatic rings. The van der Waals surface area contributed by atoms with Gasteiger partial charge in [-0.2, -0.15) is 0 Å². The number of ether oxygens (including phenoxy) is 1. The maximum Gasteiger partial charge on any atom is 0.316 e. The van der Waals surface area contributed by atoms with Gasteiger partial charge >= 0.3 is 6.01 Å². The largest absolute Gasteiger partial charge is 0.467 e. The number of hydrogen-bond acceptors (Lipinski definition) is 5. The summed E-state index contributed by atoms with van der Waals surface area (Å²) in [6.45, 7) is 2.19. The highest BCUT2D eigenvalue weighted by Gasteiger charge is 1.97. The Morgan fingerprint density at radius 1 is 1.54 bits per heavy atom. The van der Waals surface area contributed by atoms with Crippen LogP contribution in [0.15, 0.2) is 12.4 Å². The highest BCUT2D eigenvalue weighted by molar-refractivity contribution is 5.38. The summed E-state index contributed by atoms with van der Waals surface area (Å²) in [5, 5.41) is 12.0. The van der Waals surface area contributed by atoms with E-state index in [0.717, 1.165) is 5.69 Å². The van der Waals surface area contributed by atoms with Gasteiger partial charge in [-0.05, 0) is 6.92 Å². The van der Waals surface area contributed by atoms with Gasteiger partial charge in [0.2, 0.25) is 0 Å². The number of methoxy groups -OCH3 is 1. The van der Waals surface area contributed by atoms with Gasteiger partial charge in [-0.15, -0.1) is 0 Å². The lowest BCUT2D eigenvalue weighted by Crippen LogP contribution is -2.15. The second-order valence-corrected chi connectivity index (χ2v) is 2.69. The van der Waals surface area contributed by atoms with Crippen LogP contribution in [-0.4, -0.2) is 34.8 Å². The average molecular weight is 183 g/mol. The molecule has 0 bridgehead atoms. The predicted molar refractivity (Wildman–Crippen MR) is 48.8 cm³/mol. The molecule has 1 atom stereocenters. The Hall–Kier alpha value is -1.36. The van der Waals surface area contributed by atoms with E-state index in [1.807, 2.05) is 0 Å². The van der Waals surface area contributed by atoms with Gasteiger partial charge in [0.1, 0.15) is 0 Å². The van der Waals surface area contributed by atoms with Crippen molar-refractivity contribution < 1.29 is 9.84 Å². The maximum atomic E-state index is 8.99. The minimum absolute atomic E-state index is 0.336. The Labute approximate surface area is 76.8 Å². The molecule has 0 aliphatic carbocycles. The van der Waals surface area contributed by atoms with E-state index in [2.05, 4.69) is 15.3 Å². The smallest absolute Gasteiger partial charge is 0.316 e. The van der Waals surface area contributed by atoms with E-state index < -0.39 is 0 Å². The lowest BCUT2D eigenvalue weighted by atomic mass is 10.4. The van der Waals surface area contributed by atoms with Crippen LogP contribution in [0.4, 0.5) is 5.69 Å². The lowest BCUT2D eigenvalue weighted by molar-refractivity contribution is 0.208. The number of nitrogens with zero attached hydrogens (tertiary/aromatic N) is 2. The van der Waals surface area contributed by atoms with Gasteiger partial charge in [0.25, 0.3) is 0 Å². The highest BCUT2D eigenvalue weighted by Crippen LogP contribution is 2.06. The van der Waals surface area contributed by atoms with Crippen molar-refractivity contribution in [3.63, 3.8) is 0 Å². The standard InChI is InChI=1S/C8H13N3O2/c1-6(12)3-9-7-4-10-8(13-2)11-5-7/h4-6,9,12H,3H2,1-2H3/t6-/m0/s1. The molecule has 0 unspecified atom stereocenters. The van der Waals surface area contributed by atoms with Gasteiger partial charge < -0.3 is 15.2 Å². The van der Waals surface area contributed by atoms with Gasteiger partial charge in [0, 0.05) is 6.54 Å². The Balaban J connectivity index is 2.49. The first-order valence-electron chi connectivity index (χ1n) is 4.00. The molecule has 0 spiro atoms. The number of aromatic nitrogens is 2. The summed E-state index contributed by atoms with van der Waals surface area (Å²) in [6, 6.07) is 0.336. The average Bonchev–Trinajstić information content (AvgIpc) is 2.15. The molecule has 72 valence electrons. The summed E-state index contributed by atoms with van der Waals surface area (Å²) >= 11 is 0. The fourth-order valence-electron chi connectivity index (χ4n) is 0.778. The minimum atomic E-state index is -0.387. The van der Waals surface area contributed by atoms with Gasteiger partial charge in [0.05, 0.1) is 31.3 Å². The van der Waals surface area contributed by atoms with Crippen LogP contribution >= 0.6 is 0 Å². The number of aliphatic hydroxyl groups is 1. The van der Waals surface area contributed by atoms with Crippen LogP contribution in [-0.2, 0) is 0 Å². The van der Waals surface area contributed by atoms with Gasteiger partial charge in [-0.25, -0.2) is 9.97 Å². The molecule has 0 aliphatic heterocycles. The first-order valence-corrected chi connectivity index (χ1v) is 4.00. The van der Waals surface area contributed by atoms with Crippen molar-refractivity contribution >= 4 is 5.69 Å². The molecule has 0 amide bonds. The van der Waals surface area contributed by atoms with Gasteiger partial charge in [-0.3, -0.25) is 0 Å². The van der Waals surface area contributed by atoms with Crippen molar-refractivity contribution in [1.82, 2.24) is 9.97 Å². The number of nitrogens with one attached hydrogen (secondary N) is 1. The van der Waals surface area contributed by atoms with Gasteiger partial charge in [0.15, 0.2) is 0 Å². The van der Waals surface area contributed by atoms with Crippen LogP contribution < -0.4 is 10.1 Å². The van der Waals surface area contributed by atoms with Crippen LogP contribution in [0, 0.1) is 0 Å². The molecule has 0 fully saturated rings. The third-order valence-corrected chi connectivity index (χ3v) is 1.41. The fourth-order valence-corrected chi connectivity index (χ4v) is 0.778. The van der Waals surface area contributed by atoms with Crippen molar-refractivity contribution in [3.05, 3.63) is 12.4 Å². The molecule has 2 N–H and O–H groups in total. The minimum Gasteiger partial charge on any atom is -0.467 e. The summed E-state index contributed by atoms with van der Waals surface area (Å²) < 4.78 is 4.80. The molecule has 1 heterocycles. The maximum absolute atomic E-state index is 8.99. The number of hydrogen-bond donors (Lipinski definition) is 2. The summed E-state index contributed by atoms with van der Waals surface area (Å²) in [5.74, 6) is 0. The molecule has 5 nitrogen and oxygen atoms in total. The molecule has 0 saturated carbocycles. The predicted octanol–water partition coefficient (Wildman–Crippen LogP) is 0.278. The van der Waals surface area contributed by atoms with E-state index in [-0.39, 0.29) is 6.10 Å². The zero-order chi connectivity index (χ0) is 9.68. The van der Waals surface area contributed by atoms with E-state index in [9.17, 15) is 0 Å². The molecule has 5 heteroatoms. The topological polar surface area (TPSA) is 67.3 Å². The third kappa shape index (κ3) is 3.25. The van der Waals surface area contributed by atoms with Gasteiger partial charge in [-0.1, -0.05) is 0 Å². The second-order valence-electron chi connectivity index (χ2n) is 2.69. The van der Waals surface area contributed by atoms with Crippen molar-refractivity contribution in [2.75, 3.05) is 19.0 Å². The third-order valence-electron chi connectivity index (χ3n) is 1.41. The normalized spacial score (nSPS) is 12.2. The van der Waals surface area contributed by atoms with Crippen molar-refractivity contribution in [1.29, 1.82) is 0 Å². The highest BCUT2D eigenvalue weighted by atomic mass is 16.5. The first-order chi connectivity index (χ1) is 6.22.